The highest BCUT2D eigenvalue weighted by Crippen LogP contribution is 2.40. The van der Waals surface area contributed by atoms with Crippen LogP contribution in [0.3, 0.4) is 0 Å². The molecule has 0 N–H and O–H groups in total. The van der Waals surface area contributed by atoms with Gasteiger partial charge in [0.05, 0.1) is 17.4 Å². The molecule has 12 aromatic rings. The van der Waals surface area contributed by atoms with Crippen molar-refractivity contribution in [2.24, 2.45) is 28.2 Å². The topological polar surface area (TPSA) is 271 Å². The SMILES string of the molecule is Cc1cc(-c2cc3c(c(OCc4cocn4)c2)CC(=O)CC3)cn(C)c1=O.Cc1cc(-c2cc3c(c(OCc4cscn4)c2)CC(=O)CC3)cn(C)c1=O.Cc1cc(-c2cc3c(c(OCc4ncco4)c2)CC(=O)CC3)cn(C)c1=O.Cc1cc(-c2cc3c(c(OCc4nccs4)c2)CC(=O)CC3)cn(C)c1=O. The summed E-state index contributed by atoms with van der Waals surface area (Å²) >= 11 is 3.08. The molecule has 0 amide bonds. The molecule has 8 aromatic heterocycles. The number of aromatic nitrogens is 8. The lowest BCUT2D eigenvalue weighted by Gasteiger charge is -2.21. The van der Waals surface area contributed by atoms with Crippen LogP contribution in [0.15, 0.2) is 173 Å². The van der Waals surface area contributed by atoms with Crippen molar-refractivity contribution >= 4 is 45.8 Å². The molecule has 0 radical (unpaired) electrons. The Morgan fingerprint density at radius 2 is 0.769 bits per heavy atom. The minimum Gasteiger partial charge on any atom is -0.487 e. The van der Waals surface area contributed by atoms with E-state index in [2.05, 4.69) is 44.2 Å². The predicted molar refractivity (Wildman–Crippen MR) is 410 cm³/mol. The number of hydrogen-bond donors (Lipinski definition) is 0. The van der Waals surface area contributed by atoms with Gasteiger partial charge in [-0.1, -0.05) is 24.3 Å². The van der Waals surface area contributed by atoms with Gasteiger partial charge >= 0.3 is 0 Å². The number of fused-ring (bicyclic) bond motifs is 4. The van der Waals surface area contributed by atoms with Crippen LogP contribution in [0.2, 0.25) is 0 Å². The van der Waals surface area contributed by atoms with Gasteiger partial charge in [-0.15, -0.1) is 22.7 Å². The lowest BCUT2D eigenvalue weighted by atomic mass is 9.87. The summed E-state index contributed by atoms with van der Waals surface area (Å²) in [5.41, 5.74) is 22.2. The monoisotopic (exact) mass is 1490 g/mol. The first-order valence-electron chi connectivity index (χ1n) is 35.5. The Bertz CT molecular complexity index is 4850. The zero-order chi connectivity index (χ0) is 75.9. The van der Waals surface area contributed by atoms with Crippen molar-refractivity contribution < 1.29 is 47.0 Å². The van der Waals surface area contributed by atoms with Crippen LogP contribution in [-0.2, 0) is 125 Å². The molecule has 24 heteroatoms. The van der Waals surface area contributed by atoms with Crippen molar-refractivity contribution in [3.63, 3.8) is 0 Å². The molecule has 0 saturated carbocycles. The number of hydrogen-bond acceptors (Lipinski definition) is 20. The first kappa shape index (κ1) is 74.5. The minimum absolute atomic E-state index is 0.00214. The smallest absolute Gasteiger partial charge is 0.253 e. The molecule has 0 unspecified atom stereocenters. The maximum absolute atomic E-state index is 12.0. The third-order valence-corrected chi connectivity index (χ3v) is 21.0. The normalized spacial score (nSPS) is 13.5. The number of carbonyl (C=O) groups excluding carboxylic acids is 4. The number of pyridine rings is 4. The Hall–Kier alpha value is -11.8. The van der Waals surface area contributed by atoms with Gasteiger partial charge in [0.15, 0.2) is 13.0 Å². The van der Waals surface area contributed by atoms with Gasteiger partial charge in [-0.25, -0.2) is 19.9 Å². The molecule has 4 aliphatic rings. The average Bonchev–Trinajstić information content (AvgIpc) is 1.21. The van der Waals surface area contributed by atoms with Crippen molar-refractivity contribution in [3.05, 3.63) is 276 Å². The van der Waals surface area contributed by atoms with E-state index >= 15 is 0 Å². The number of Topliss-reactive ketones (excluding diaryl/α,β-unsaturated/α-hetero) is 4. The molecular formula is C84H80N8O14S2. The van der Waals surface area contributed by atoms with Gasteiger partial charge in [-0.2, -0.15) is 0 Å². The van der Waals surface area contributed by atoms with Crippen LogP contribution in [0.25, 0.3) is 44.5 Å². The van der Waals surface area contributed by atoms with Crippen LogP contribution in [0.1, 0.15) is 115 Å². The molecule has 0 bridgehead atoms. The summed E-state index contributed by atoms with van der Waals surface area (Å²) in [5.74, 6) is 4.22. The third-order valence-electron chi connectivity index (χ3n) is 19.6. The highest BCUT2D eigenvalue weighted by atomic mass is 32.1. The second-order valence-corrected chi connectivity index (χ2v) is 29.3. The van der Waals surface area contributed by atoms with Gasteiger partial charge in [0.2, 0.25) is 5.89 Å². The number of thiazole rings is 2. The molecule has 0 fully saturated rings. The molecular weight excluding hydrogens is 1410 g/mol. The molecule has 0 aliphatic heterocycles. The largest absolute Gasteiger partial charge is 0.487 e. The number of oxazole rings is 2. The summed E-state index contributed by atoms with van der Waals surface area (Å²) in [7, 11) is 7.01. The van der Waals surface area contributed by atoms with Crippen molar-refractivity contribution in [1.82, 2.24) is 38.2 Å². The average molecular weight is 1490 g/mol. The maximum atomic E-state index is 12.0. The molecule has 22 nitrogen and oxygen atoms in total. The second kappa shape index (κ2) is 32.9. The van der Waals surface area contributed by atoms with Gasteiger partial charge in [-0.3, -0.25) is 38.4 Å². The quantitative estimate of drug-likeness (QED) is 0.0869. The Kier molecular flexibility index (Phi) is 22.7. The summed E-state index contributed by atoms with van der Waals surface area (Å²) in [6.07, 6.45) is 21.7. The highest BCUT2D eigenvalue weighted by Gasteiger charge is 2.27. The standard InChI is InChI=1S/2C21H20N2O4.2C21H20N2O3S/c1-13-5-16(9-23(2)21(13)25)15-6-14-3-4-18(24)8-19(14)20(7-15)27-11-17-10-26-12-22-17;1-13-7-16(11-23(2)21(13)25)15-8-14-3-4-17(24)10-18(14)19(9-15)27-12-20-22-5-6-26-20;1-13-5-16(9-23(2)21(13)25)15-6-14-3-4-18(24)8-19(14)20(7-15)26-10-17-11-27-12-22-17;1-13-7-16(11-23(2)21(13)25)15-8-14-3-4-17(24)10-18(14)19(9-15)26-12-20-22-5-6-27-20/h5-7,9-10,12H,3-4,8,11H2,1-2H3;5-9,11H,3-4,10,12H2,1-2H3;5-7,9,11-12H,3-4,8,10H2,1-2H3;5-9,11H,3-4,10,12H2,1-2H3. The number of rotatable bonds is 16. The minimum atomic E-state index is -0.0114. The molecule has 0 spiro atoms. The number of benzene rings is 4. The van der Waals surface area contributed by atoms with Gasteiger partial charge < -0.3 is 46.1 Å². The van der Waals surface area contributed by atoms with Crippen molar-refractivity contribution in [3.8, 4) is 67.5 Å². The lowest BCUT2D eigenvalue weighted by Crippen LogP contribution is -2.18. The number of ketones is 4. The number of aryl methyl sites for hydroxylation is 12. The fourth-order valence-electron chi connectivity index (χ4n) is 13.9. The van der Waals surface area contributed by atoms with Crippen LogP contribution < -0.4 is 41.2 Å². The Morgan fingerprint density at radius 3 is 1.08 bits per heavy atom. The molecule has 0 atom stereocenters. The van der Waals surface area contributed by atoms with E-state index in [9.17, 15) is 38.4 Å². The van der Waals surface area contributed by atoms with Crippen molar-refractivity contribution in [1.29, 1.82) is 0 Å². The zero-order valence-electron chi connectivity index (χ0n) is 61.3. The van der Waals surface area contributed by atoms with E-state index in [1.165, 1.54) is 30.3 Å². The molecule has 108 heavy (non-hydrogen) atoms. The fourth-order valence-corrected chi connectivity index (χ4v) is 15.0. The summed E-state index contributed by atoms with van der Waals surface area (Å²) < 4.78 is 40.7. The van der Waals surface area contributed by atoms with Crippen LogP contribution in [0.5, 0.6) is 23.0 Å². The van der Waals surface area contributed by atoms with Gasteiger partial charge in [0.1, 0.15) is 89.2 Å². The molecule has 16 rings (SSSR count). The summed E-state index contributed by atoms with van der Waals surface area (Å²) in [6, 6.07) is 23.8. The highest BCUT2D eigenvalue weighted by molar-refractivity contribution is 7.09. The molecule has 552 valence electrons. The van der Waals surface area contributed by atoms with Crippen molar-refractivity contribution in [2.45, 2.75) is 131 Å². The first-order valence-corrected chi connectivity index (χ1v) is 37.3. The van der Waals surface area contributed by atoms with Crippen LogP contribution in [0.4, 0.5) is 0 Å². The molecule has 0 saturated heterocycles. The van der Waals surface area contributed by atoms with Crippen molar-refractivity contribution in [2.75, 3.05) is 0 Å². The number of nitrogens with zero attached hydrogens (tertiary/aromatic N) is 8. The first-order chi connectivity index (χ1) is 52.0. The van der Waals surface area contributed by atoms with Gasteiger partial charge in [0, 0.05) is 166 Å². The molecule has 4 aromatic carbocycles. The Balaban J connectivity index is 0.000000127. The predicted octanol–water partition coefficient (Wildman–Crippen LogP) is 12.9. The molecule has 4 aliphatic carbocycles. The summed E-state index contributed by atoms with van der Waals surface area (Å²) in [4.78, 5) is 113. The Morgan fingerprint density at radius 1 is 0.398 bits per heavy atom. The van der Waals surface area contributed by atoms with E-state index < -0.39 is 0 Å². The fraction of sp³-hybridized carbons (Fsp3) is 0.286. The van der Waals surface area contributed by atoms with E-state index in [4.69, 9.17) is 27.8 Å². The van der Waals surface area contributed by atoms with E-state index in [0.717, 1.165) is 124 Å². The molecule has 8 heterocycles. The number of carbonyl (C=O) groups is 4. The third kappa shape index (κ3) is 17.5. The Labute approximate surface area is 629 Å². The van der Waals surface area contributed by atoms with Crippen LogP contribution >= 0.6 is 22.7 Å². The number of ether oxygens (including phenoxy) is 4. The zero-order valence-corrected chi connectivity index (χ0v) is 62.9. The van der Waals surface area contributed by atoms with E-state index in [1.807, 2.05) is 112 Å². The summed E-state index contributed by atoms with van der Waals surface area (Å²) in [6.45, 7) is 8.49. The van der Waals surface area contributed by atoms with E-state index in [1.54, 1.807) is 75.7 Å². The second-order valence-electron chi connectivity index (χ2n) is 27.6. The van der Waals surface area contributed by atoms with E-state index in [-0.39, 0.29) is 58.6 Å². The van der Waals surface area contributed by atoms with E-state index in [0.29, 0.717) is 123 Å². The summed E-state index contributed by atoms with van der Waals surface area (Å²) in [5, 5.41) is 4.77. The van der Waals surface area contributed by atoms with Crippen LogP contribution in [0, 0.1) is 27.7 Å². The lowest BCUT2D eigenvalue weighted by molar-refractivity contribution is -0.119. The maximum Gasteiger partial charge on any atom is 0.253 e. The van der Waals surface area contributed by atoms with Crippen LogP contribution in [-0.4, -0.2) is 61.3 Å². The van der Waals surface area contributed by atoms with Gasteiger partial charge in [-0.05, 0) is 169 Å². The van der Waals surface area contributed by atoms with Gasteiger partial charge in [0.25, 0.3) is 22.2 Å².